The van der Waals surface area contributed by atoms with E-state index in [0.29, 0.717) is 43.9 Å². The van der Waals surface area contributed by atoms with Gasteiger partial charge in [0.25, 0.3) is 0 Å². The molecule has 2 aliphatic heterocycles. The predicted octanol–water partition coefficient (Wildman–Crippen LogP) is 5.24. The van der Waals surface area contributed by atoms with Crippen LogP contribution in [-0.4, -0.2) is 94.8 Å². The molecule has 1 amide bonds. The van der Waals surface area contributed by atoms with E-state index >= 15 is 0 Å². The molecule has 2 aromatic carbocycles. The van der Waals surface area contributed by atoms with Crippen LogP contribution in [0.5, 0.6) is 11.8 Å². The van der Waals surface area contributed by atoms with Crippen molar-refractivity contribution >= 4 is 5.91 Å². The molecule has 3 heterocycles. The normalized spacial score (nSPS) is 21.2. The number of hydrogen-bond acceptors (Lipinski definition) is 7. The summed E-state index contributed by atoms with van der Waals surface area (Å²) < 4.78 is 52.6. The van der Waals surface area contributed by atoms with Gasteiger partial charge < -0.3 is 14.4 Å². The van der Waals surface area contributed by atoms with Crippen molar-refractivity contribution in [2.75, 3.05) is 39.8 Å². The first-order valence-electron chi connectivity index (χ1n) is 15.7. The van der Waals surface area contributed by atoms with Crippen molar-refractivity contribution in [1.82, 2.24) is 24.7 Å². The molecule has 11 heteroatoms. The van der Waals surface area contributed by atoms with Crippen LogP contribution in [0.2, 0.25) is 0 Å². The van der Waals surface area contributed by atoms with Gasteiger partial charge in [0.05, 0.1) is 18.8 Å². The molecule has 1 saturated carbocycles. The van der Waals surface area contributed by atoms with Crippen LogP contribution in [0, 0.1) is 0 Å². The maximum absolute atomic E-state index is 13.5. The Hall–Kier alpha value is -3.70. The van der Waals surface area contributed by atoms with E-state index in [-0.39, 0.29) is 37.2 Å². The molecule has 3 aliphatic rings. The molecule has 3 fully saturated rings. The quantitative estimate of drug-likeness (QED) is 0.323. The number of alkyl halides is 3. The summed E-state index contributed by atoms with van der Waals surface area (Å²) in [4.78, 5) is 27.4. The molecular formula is C34H40F3N5O3. The highest BCUT2D eigenvalue weighted by atomic mass is 19.4. The minimum absolute atomic E-state index is 0.00868. The lowest BCUT2D eigenvalue weighted by Crippen LogP contribution is -2.68. The molecular weight excluding hydrogens is 583 g/mol. The largest absolute Gasteiger partial charge is 0.481 e. The number of ether oxygens (including phenoxy) is 2. The Labute approximate surface area is 262 Å². The summed E-state index contributed by atoms with van der Waals surface area (Å²) in [6, 6.07) is 20.1. The first kappa shape index (κ1) is 31.3. The van der Waals surface area contributed by atoms with E-state index in [9.17, 15) is 18.0 Å². The van der Waals surface area contributed by atoms with E-state index in [1.54, 1.807) is 7.11 Å². The molecule has 1 aliphatic carbocycles. The molecule has 0 spiro atoms. The van der Waals surface area contributed by atoms with Gasteiger partial charge in [-0.05, 0) is 37.8 Å². The van der Waals surface area contributed by atoms with E-state index in [1.165, 1.54) is 0 Å². The first-order chi connectivity index (χ1) is 21.6. The summed E-state index contributed by atoms with van der Waals surface area (Å²) in [5.74, 6) is 0.129. The fourth-order valence-corrected chi connectivity index (χ4v) is 6.79. The van der Waals surface area contributed by atoms with E-state index in [1.807, 2.05) is 50.2 Å². The zero-order valence-corrected chi connectivity index (χ0v) is 25.9. The molecule has 1 unspecified atom stereocenters. The van der Waals surface area contributed by atoms with E-state index < -0.39 is 12.1 Å². The number of piperazine rings is 2. The molecule has 2 atom stereocenters. The molecule has 2 saturated heterocycles. The maximum atomic E-state index is 13.5. The number of carbonyl (C=O) groups excluding carboxylic acids is 1. The lowest BCUT2D eigenvalue weighted by molar-refractivity contribution is -0.189. The SMILES string of the molecule is COc1nc(C2CC2)nc(OC(C)C)c1CN1CC(C(c2ccccc2)c2ccccc2)N2CCN(C(=O)C(F)(F)F)C[C@H]2C1. The van der Waals surface area contributed by atoms with Crippen LogP contribution in [-0.2, 0) is 11.3 Å². The second-order valence-electron chi connectivity index (χ2n) is 12.5. The fraction of sp³-hybridized carbons (Fsp3) is 0.500. The van der Waals surface area contributed by atoms with Crippen LogP contribution in [0.3, 0.4) is 0 Å². The number of carbonyl (C=O) groups is 1. The van der Waals surface area contributed by atoms with Gasteiger partial charge in [-0.3, -0.25) is 14.6 Å². The summed E-state index contributed by atoms with van der Waals surface area (Å²) in [6.07, 6.45) is -2.98. The van der Waals surface area contributed by atoms with Crippen molar-refractivity contribution in [3.05, 3.63) is 83.2 Å². The average molecular weight is 624 g/mol. The Kier molecular flexibility index (Phi) is 9.01. The van der Waals surface area contributed by atoms with Gasteiger partial charge >= 0.3 is 12.1 Å². The number of amides is 1. The molecule has 6 rings (SSSR count). The number of aromatic nitrogens is 2. The summed E-state index contributed by atoms with van der Waals surface area (Å²) >= 11 is 0. The second-order valence-corrected chi connectivity index (χ2v) is 12.5. The van der Waals surface area contributed by atoms with Gasteiger partial charge in [0.1, 0.15) is 5.82 Å². The molecule has 0 bridgehead atoms. The standard InChI is InChI=1S/C34H40F3N5O3/c1-22(2)45-32-27(31(44-3)38-30(39-32)25-14-15-25)20-40-18-26-19-41(33(43)34(35,36)37)16-17-42(26)28(21-40)29(23-10-6-4-7-11-23)24-12-8-5-9-13-24/h4-13,22,25-26,28-29H,14-21H2,1-3H3/t26-,28?/m1/s1. The number of halogens is 3. The Bertz CT molecular complexity index is 1430. The van der Waals surface area contributed by atoms with Crippen molar-refractivity contribution in [1.29, 1.82) is 0 Å². The molecule has 8 nitrogen and oxygen atoms in total. The van der Waals surface area contributed by atoms with Crippen LogP contribution < -0.4 is 9.47 Å². The number of nitrogens with zero attached hydrogens (tertiary/aromatic N) is 5. The molecule has 0 radical (unpaired) electrons. The highest BCUT2D eigenvalue weighted by Gasteiger charge is 2.48. The van der Waals surface area contributed by atoms with Crippen molar-refractivity contribution in [3.63, 3.8) is 0 Å². The minimum atomic E-state index is -4.91. The van der Waals surface area contributed by atoms with Gasteiger partial charge in [-0.25, -0.2) is 0 Å². The van der Waals surface area contributed by atoms with E-state index in [0.717, 1.165) is 40.3 Å². The minimum Gasteiger partial charge on any atom is -0.481 e. The highest BCUT2D eigenvalue weighted by Crippen LogP contribution is 2.42. The maximum Gasteiger partial charge on any atom is 0.471 e. The van der Waals surface area contributed by atoms with Crippen LogP contribution >= 0.6 is 0 Å². The van der Waals surface area contributed by atoms with Crippen molar-refractivity contribution in [3.8, 4) is 11.8 Å². The first-order valence-corrected chi connectivity index (χ1v) is 15.7. The summed E-state index contributed by atoms with van der Waals surface area (Å²) in [6.45, 7) is 5.75. The smallest absolute Gasteiger partial charge is 0.471 e. The molecule has 0 N–H and O–H groups in total. The number of benzene rings is 2. The van der Waals surface area contributed by atoms with Crippen LogP contribution in [0.25, 0.3) is 0 Å². The second kappa shape index (κ2) is 13.0. The third kappa shape index (κ3) is 6.94. The Morgan fingerprint density at radius 3 is 2.09 bits per heavy atom. The van der Waals surface area contributed by atoms with Crippen LogP contribution in [0.4, 0.5) is 13.2 Å². The highest BCUT2D eigenvalue weighted by molar-refractivity contribution is 5.82. The number of hydrogen-bond donors (Lipinski definition) is 0. The van der Waals surface area contributed by atoms with Gasteiger partial charge in [-0.1, -0.05) is 60.7 Å². The van der Waals surface area contributed by atoms with Gasteiger partial charge in [-0.2, -0.15) is 23.1 Å². The summed E-state index contributed by atoms with van der Waals surface area (Å²) in [5.41, 5.74) is 2.97. The van der Waals surface area contributed by atoms with Crippen molar-refractivity contribution < 1.29 is 27.4 Å². The monoisotopic (exact) mass is 623 g/mol. The Morgan fingerprint density at radius 2 is 1.53 bits per heavy atom. The third-order valence-electron chi connectivity index (χ3n) is 8.91. The van der Waals surface area contributed by atoms with E-state index in [4.69, 9.17) is 19.4 Å². The van der Waals surface area contributed by atoms with E-state index in [2.05, 4.69) is 34.1 Å². The van der Waals surface area contributed by atoms with Gasteiger partial charge in [0, 0.05) is 63.2 Å². The summed E-state index contributed by atoms with van der Waals surface area (Å²) in [5, 5.41) is 0. The third-order valence-corrected chi connectivity index (χ3v) is 8.91. The van der Waals surface area contributed by atoms with Gasteiger partial charge in [0.2, 0.25) is 11.8 Å². The van der Waals surface area contributed by atoms with Crippen LogP contribution in [0.1, 0.15) is 61.0 Å². The number of rotatable bonds is 9. The Balaban J connectivity index is 1.38. The fourth-order valence-electron chi connectivity index (χ4n) is 6.79. The molecule has 240 valence electrons. The summed E-state index contributed by atoms with van der Waals surface area (Å²) in [7, 11) is 1.59. The average Bonchev–Trinajstić information content (AvgIpc) is 3.87. The zero-order chi connectivity index (χ0) is 31.7. The van der Waals surface area contributed by atoms with Crippen LogP contribution in [0.15, 0.2) is 60.7 Å². The lowest BCUT2D eigenvalue weighted by atomic mass is 9.81. The van der Waals surface area contributed by atoms with Gasteiger partial charge in [0.15, 0.2) is 0 Å². The molecule has 1 aromatic heterocycles. The number of methoxy groups -OCH3 is 1. The van der Waals surface area contributed by atoms with Crippen molar-refractivity contribution in [2.24, 2.45) is 0 Å². The Morgan fingerprint density at radius 1 is 0.911 bits per heavy atom. The van der Waals surface area contributed by atoms with Gasteiger partial charge in [-0.15, -0.1) is 0 Å². The zero-order valence-electron chi connectivity index (χ0n) is 25.9. The topological polar surface area (TPSA) is 71.0 Å². The number of fused-ring (bicyclic) bond motifs is 1. The molecule has 3 aromatic rings. The predicted molar refractivity (Wildman–Crippen MR) is 163 cm³/mol. The van der Waals surface area contributed by atoms with Crippen molar-refractivity contribution in [2.45, 2.75) is 69.4 Å². The molecule has 45 heavy (non-hydrogen) atoms. The lowest BCUT2D eigenvalue weighted by Gasteiger charge is -2.53.